The highest BCUT2D eigenvalue weighted by atomic mass is 16.6. The van der Waals surface area contributed by atoms with E-state index in [-0.39, 0.29) is 31.1 Å². The molecule has 0 aromatic rings. The number of hydrogen-bond donors (Lipinski definition) is 0. The van der Waals surface area contributed by atoms with Crippen molar-refractivity contribution in [2.75, 3.05) is 13.2 Å². The van der Waals surface area contributed by atoms with Crippen LogP contribution in [0.4, 0.5) is 0 Å². The Balaban J connectivity index is 4.12. The number of esters is 3. The zero-order valence-corrected chi connectivity index (χ0v) is 49.7. The van der Waals surface area contributed by atoms with Crippen molar-refractivity contribution in [3.63, 3.8) is 0 Å². The number of allylic oxidation sites excluding steroid dienone is 2. The van der Waals surface area contributed by atoms with Crippen molar-refractivity contribution in [2.45, 2.75) is 386 Å². The van der Waals surface area contributed by atoms with E-state index in [0.717, 1.165) is 57.8 Å². The Morgan fingerprint density at radius 2 is 0.452 bits per heavy atom. The summed E-state index contributed by atoms with van der Waals surface area (Å²) < 4.78 is 16.9. The maximum atomic E-state index is 12.9. The third-order valence-electron chi connectivity index (χ3n) is 15.3. The second-order valence-electron chi connectivity index (χ2n) is 22.7. The van der Waals surface area contributed by atoms with Crippen molar-refractivity contribution in [3.05, 3.63) is 12.2 Å². The van der Waals surface area contributed by atoms with Crippen molar-refractivity contribution < 1.29 is 28.6 Å². The van der Waals surface area contributed by atoms with E-state index in [1.807, 2.05) is 0 Å². The van der Waals surface area contributed by atoms with Gasteiger partial charge in [0.2, 0.25) is 0 Å². The highest BCUT2D eigenvalue weighted by Gasteiger charge is 2.19. The molecule has 0 bridgehead atoms. The monoisotopic (exact) mass is 1030 g/mol. The van der Waals surface area contributed by atoms with E-state index in [4.69, 9.17) is 14.2 Å². The van der Waals surface area contributed by atoms with Crippen molar-refractivity contribution >= 4 is 17.9 Å². The average Bonchev–Trinajstić information content (AvgIpc) is 3.39. The van der Waals surface area contributed by atoms with Crippen LogP contribution in [-0.2, 0) is 28.6 Å². The standard InChI is InChI=1S/C67H128O6/c1-4-7-10-13-16-19-21-23-25-27-29-31-32-33-34-36-37-39-41-43-45-48-51-54-57-60-66(69)72-63-64(62-71-65(68)59-56-53-50-47-18-15-12-9-6-3)73-67(70)61-58-55-52-49-46-44-42-40-38-35-30-28-26-24-22-20-17-14-11-8-5-2/h28,30,64H,4-27,29,31-63H2,1-3H3/b30-28-. The molecule has 1 unspecified atom stereocenters. The summed E-state index contributed by atoms with van der Waals surface area (Å²) in [5.41, 5.74) is 0. The van der Waals surface area contributed by atoms with Crippen LogP contribution in [0.25, 0.3) is 0 Å². The zero-order valence-electron chi connectivity index (χ0n) is 49.7. The van der Waals surface area contributed by atoms with Crippen LogP contribution in [0.5, 0.6) is 0 Å². The van der Waals surface area contributed by atoms with Crippen molar-refractivity contribution in [1.82, 2.24) is 0 Å². The van der Waals surface area contributed by atoms with Crippen LogP contribution in [0, 0.1) is 0 Å². The number of unbranched alkanes of at least 4 members (excludes halogenated alkanes) is 49. The van der Waals surface area contributed by atoms with Crippen molar-refractivity contribution in [1.29, 1.82) is 0 Å². The molecule has 0 aliphatic carbocycles. The first-order chi connectivity index (χ1) is 36.0. The molecule has 432 valence electrons. The fourth-order valence-corrected chi connectivity index (χ4v) is 10.3. The third-order valence-corrected chi connectivity index (χ3v) is 15.3. The van der Waals surface area contributed by atoms with Gasteiger partial charge in [-0.3, -0.25) is 14.4 Å². The number of carbonyl (C=O) groups is 3. The van der Waals surface area contributed by atoms with Gasteiger partial charge in [0, 0.05) is 19.3 Å². The number of ether oxygens (including phenoxy) is 3. The molecule has 0 saturated heterocycles. The molecule has 73 heavy (non-hydrogen) atoms. The molecule has 0 amide bonds. The van der Waals surface area contributed by atoms with Crippen LogP contribution < -0.4 is 0 Å². The molecule has 0 spiro atoms. The average molecular weight is 1030 g/mol. The van der Waals surface area contributed by atoms with E-state index in [9.17, 15) is 14.4 Å². The van der Waals surface area contributed by atoms with Crippen LogP contribution in [0.2, 0.25) is 0 Å². The molecule has 6 heteroatoms. The van der Waals surface area contributed by atoms with E-state index in [0.29, 0.717) is 19.3 Å². The summed E-state index contributed by atoms with van der Waals surface area (Å²) in [5, 5.41) is 0. The Bertz CT molecular complexity index is 1130. The predicted octanol–water partition coefficient (Wildman–Crippen LogP) is 22.4. The van der Waals surface area contributed by atoms with Gasteiger partial charge in [-0.25, -0.2) is 0 Å². The number of hydrogen-bond acceptors (Lipinski definition) is 6. The molecule has 0 saturated carbocycles. The lowest BCUT2D eigenvalue weighted by molar-refractivity contribution is -0.167. The van der Waals surface area contributed by atoms with Gasteiger partial charge in [-0.15, -0.1) is 0 Å². The summed E-state index contributed by atoms with van der Waals surface area (Å²) >= 11 is 0. The van der Waals surface area contributed by atoms with Gasteiger partial charge in [-0.1, -0.05) is 328 Å². The molecular formula is C67H128O6. The topological polar surface area (TPSA) is 78.9 Å². The molecule has 0 heterocycles. The molecule has 0 aliphatic rings. The lowest BCUT2D eigenvalue weighted by Gasteiger charge is -2.18. The van der Waals surface area contributed by atoms with Gasteiger partial charge in [0.15, 0.2) is 6.10 Å². The van der Waals surface area contributed by atoms with Gasteiger partial charge in [-0.05, 0) is 44.9 Å². The molecule has 6 nitrogen and oxygen atoms in total. The summed E-state index contributed by atoms with van der Waals surface area (Å²) in [6, 6.07) is 0. The Labute approximate surface area is 456 Å². The Hall–Kier alpha value is -1.85. The smallest absolute Gasteiger partial charge is 0.306 e. The second-order valence-corrected chi connectivity index (χ2v) is 22.7. The van der Waals surface area contributed by atoms with Crippen LogP contribution in [-0.4, -0.2) is 37.2 Å². The second kappa shape index (κ2) is 62.7. The largest absolute Gasteiger partial charge is 0.462 e. The minimum atomic E-state index is -0.766. The number of rotatable bonds is 62. The summed E-state index contributed by atoms with van der Waals surface area (Å²) in [6.07, 6.45) is 73.9. The molecule has 0 aromatic heterocycles. The van der Waals surface area contributed by atoms with Gasteiger partial charge in [0.1, 0.15) is 13.2 Å². The van der Waals surface area contributed by atoms with E-state index in [1.165, 1.54) is 283 Å². The van der Waals surface area contributed by atoms with Gasteiger partial charge < -0.3 is 14.2 Å². The quantitative estimate of drug-likeness (QED) is 0.0261. The van der Waals surface area contributed by atoms with Crippen molar-refractivity contribution in [3.8, 4) is 0 Å². The maximum Gasteiger partial charge on any atom is 0.306 e. The normalized spacial score (nSPS) is 12.0. The summed E-state index contributed by atoms with van der Waals surface area (Å²) in [4.78, 5) is 38.2. The first kappa shape index (κ1) is 71.2. The molecule has 0 N–H and O–H groups in total. The third kappa shape index (κ3) is 60.9. The highest BCUT2D eigenvalue weighted by Crippen LogP contribution is 2.18. The maximum absolute atomic E-state index is 12.9. The summed E-state index contributed by atoms with van der Waals surface area (Å²) in [5.74, 6) is -0.840. The Kier molecular flexibility index (Phi) is 61.1. The SMILES string of the molecule is CCCCCCCCCC/C=C\CCCCCCCCCCCC(=O)OC(COC(=O)CCCCCCCCCCC)COC(=O)CCCCCCCCCCCCCCCCCCCCCCCCCCC. The predicted molar refractivity (Wildman–Crippen MR) is 317 cm³/mol. The van der Waals surface area contributed by atoms with E-state index >= 15 is 0 Å². The molecular weight excluding hydrogens is 901 g/mol. The van der Waals surface area contributed by atoms with E-state index < -0.39 is 6.10 Å². The number of carbonyl (C=O) groups excluding carboxylic acids is 3. The van der Waals surface area contributed by atoms with Crippen LogP contribution >= 0.6 is 0 Å². The zero-order chi connectivity index (χ0) is 52.9. The fourth-order valence-electron chi connectivity index (χ4n) is 10.3. The minimum Gasteiger partial charge on any atom is -0.462 e. The highest BCUT2D eigenvalue weighted by molar-refractivity contribution is 5.71. The molecule has 0 radical (unpaired) electrons. The first-order valence-electron chi connectivity index (χ1n) is 33.2. The Morgan fingerprint density at radius 1 is 0.260 bits per heavy atom. The summed E-state index contributed by atoms with van der Waals surface area (Å²) in [7, 11) is 0. The lowest BCUT2D eigenvalue weighted by atomic mass is 10.0. The summed E-state index contributed by atoms with van der Waals surface area (Å²) in [6.45, 7) is 6.69. The molecule has 0 rings (SSSR count). The first-order valence-corrected chi connectivity index (χ1v) is 33.2. The van der Waals surface area contributed by atoms with E-state index in [1.54, 1.807) is 0 Å². The van der Waals surface area contributed by atoms with Gasteiger partial charge in [0.05, 0.1) is 0 Å². The van der Waals surface area contributed by atoms with Gasteiger partial charge in [0.25, 0.3) is 0 Å². The molecule has 0 aliphatic heterocycles. The van der Waals surface area contributed by atoms with Crippen molar-refractivity contribution in [2.24, 2.45) is 0 Å². The molecule has 1 atom stereocenters. The van der Waals surface area contributed by atoms with E-state index in [2.05, 4.69) is 32.9 Å². The minimum absolute atomic E-state index is 0.0646. The molecule has 0 aromatic carbocycles. The fraction of sp³-hybridized carbons (Fsp3) is 0.925. The van der Waals surface area contributed by atoms with Gasteiger partial charge >= 0.3 is 17.9 Å². The Morgan fingerprint density at radius 3 is 0.685 bits per heavy atom. The lowest BCUT2D eigenvalue weighted by Crippen LogP contribution is -2.30. The van der Waals surface area contributed by atoms with Crippen LogP contribution in [0.3, 0.4) is 0 Å². The molecule has 0 fully saturated rings. The van der Waals surface area contributed by atoms with Gasteiger partial charge in [-0.2, -0.15) is 0 Å². The van der Waals surface area contributed by atoms with Crippen LogP contribution in [0.15, 0.2) is 12.2 Å². The van der Waals surface area contributed by atoms with Crippen LogP contribution in [0.1, 0.15) is 380 Å².